The van der Waals surface area contributed by atoms with Crippen molar-refractivity contribution in [3.05, 3.63) is 0 Å². The van der Waals surface area contributed by atoms with Gasteiger partial charge in [0.1, 0.15) is 0 Å². The predicted octanol–water partition coefficient (Wildman–Crippen LogP) is 1.76. The third kappa shape index (κ3) is 0.828. The first-order chi connectivity index (χ1) is 6.04. The van der Waals surface area contributed by atoms with Gasteiger partial charge in [-0.25, -0.2) is 0 Å². The zero-order valence-corrected chi connectivity index (χ0v) is 8.54. The second kappa shape index (κ2) is 2.14. The second-order valence-electron chi connectivity index (χ2n) is 5.65. The van der Waals surface area contributed by atoms with Crippen LogP contribution in [0.1, 0.15) is 33.6 Å². The first kappa shape index (κ1) is 8.31. The summed E-state index contributed by atoms with van der Waals surface area (Å²) in [6.07, 6.45) is 2.81. The van der Waals surface area contributed by atoms with Crippen molar-refractivity contribution in [1.29, 1.82) is 0 Å². The summed E-state index contributed by atoms with van der Waals surface area (Å²) >= 11 is 0. The van der Waals surface area contributed by atoms with Gasteiger partial charge < -0.3 is 9.31 Å². The molecule has 13 heavy (non-hydrogen) atoms. The lowest BCUT2D eigenvalue weighted by molar-refractivity contribution is -0.185. The van der Waals surface area contributed by atoms with Gasteiger partial charge in [-0.2, -0.15) is 0 Å². The highest BCUT2D eigenvalue weighted by molar-refractivity contribution is 6.19. The summed E-state index contributed by atoms with van der Waals surface area (Å²) in [4.78, 5) is 0. The second-order valence-corrected chi connectivity index (χ2v) is 5.65. The lowest BCUT2D eigenvalue weighted by Gasteiger charge is -2.63. The Bertz CT molecular complexity index is 253. The van der Waals surface area contributed by atoms with Crippen LogP contribution in [0, 0.1) is 17.3 Å². The summed E-state index contributed by atoms with van der Waals surface area (Å²) in [6, 6.07) is 0. The molecule has 1 radical (unpaired) electrons. The third-order valence-corrected chi connectivity index (χ3v) is 4.68. The molecule has 0 aromatic carbocycles. The maximum Gasteiger partial charge on any atom is 0.488 e. The molecule has 0 aromatic heterocycles. The Morgan fingerprint density at radius 1 is 1.31 bits per heavy atom. The van der Waals surface area contributed by atoms with Gasteiger partial charge in [0.25, 0.3) is 0 Å². The lowest BCUT2D eigenvalue weighted by Crippen LogP contribution is -2.63. The van der Waals surface area contributed by atoms with E-state index < -0.39 is 0 Å². The van der Waals surface area contributed by atoms with Gasteiger partial charge in [0, 0.05) is 0 Å². The molecule has 3 aliphatic carbocycles. The third-order valence-electron chi connectivity index (χ3n) is 4.68. The molecular formula is C10H16BO2. The van der Waals surface area contributed by atoms with Crippen molar-refractivity contribution in [1.82, 2.24) is 0 Å². The van der Waals surface area contributed by atoms with Crippen LogP contribution in [0.3, 0.4) is 0 Å². The highest BCUT2D eigenvalue weighted by Crippen LogP contribution is 2.64. The largest absolute Gasteiger partial charge is 0.488 e. The van der Waals surface area contributed by atoms with Crippen LogP contribution in [0.15, 0.2) is 0 Å². The van der Waals surface area contributed by atoms with E-state index in [0.29, 0.717) is 17.4 Å². The molecule has 2 nitrogen and oxygen atoms in total. The van der Waals surface area contributed by atoms with Crippen molar-refractivity contribution in [3.63, 3.8) is 0 Å². The molecule has 1 saturated heterocycles. The van der Waals surface area contributed by atoms with E-state index in [2.05, 4.69) is 20.8 Å². The lowest BCUT2D eigenvalue weighted by atomic mass is 9.45. The smallest absolute Gasteiger partial charge is 0.407 e. The SMILES string of the molecule is CC1(C)[C@H]2C[C@@H]1[C@@H]1O[B]O[C@]1(C)C2. The van der Waals surface area contributed by atoms with E-state index in [1.54, 1.807) is 7.69 Å². The minimum Gasteiger partial charge on any atom is -0.407 e. The van der Waals surface area contributed by atoms with Crippen LogP contribution in [-0.2, 0) is 9.31 Å². The molecule has 0 N–H and O–H groups in total. The fourth-order valence-electron chi connectivity index (χ4n) is 3.50. The van der Waals surface area contributed by atoms with Crippen LogP contribution in [0.5, 0.6) is 0 Å². The molecule has 0 spiro atoms. The molecule has 0 aromatic rings. The minimum atomic E-state index is -0.0108. The van der Waals surface area contributed by atoms with Gasteiger partial charge >= 0.3 is 7.69 Å². The normalized spacial score (nSPS) is 56.4. The summed E-state index contributed by atoms with van der Waals surface area (Å²) in [5.74, 6) is 1.55. The van der Waals surface area contributed by atoms with Crippen molar-refractivity contribution in [3.8, 4) is 0 Å². The van der Waals surface area contributed by atoms with Crippen LogP contribution >= 0.6 is 0 Å². The topological polar surface area (TPSA) is 18.5 Å². The van der Waals surface area contributed by atoms with E-state index in [9.17, 15) is 0 Å². The van der Waals surface area contributed by atoms with Crippen molar-refractivity contribution >= 4 is 7.69 Å². The van der Waals surface area contributed by atoms with Gasteiger partial charge in [0.05, 0.1) is 11.7 Å². The Morgan fingerprint density at radius 3 is 2.77 bits per heavy atom. The van der Waals surface area contributed by atoms with Gasteiger partial charge in [-0.05, 0) is 37.0 Å². The summed E-state index contributed by atoms with van der Waals surface area (Å²) in [5.41, 5.74) is 0.467. The summed E-state index contributed by atoms with van der Waals surface area (Å²) in [7, 11) is 1.56. The quantitative estimate of drug-likeness (QED) is 0.527. The zero-order chi connectivity index (χ0) is 9.27. The maximum atomic E-state index is 5.60. The summed E-state index contributed by atoms with van der Waals surface area (Å²) in [5, 5.41) is 0. The standard InChI is InChI=1S/C10H16BO2/c1-9(2)6-4-7(9)8-10(3,5-6)13-11-12-8/h6-8H,4-5H2,1-3H3/t6-,7+,8-,10+/m0/s1. The summed E-state index contributed by atoms with van der Waals surface area (Å²) in [6.45, 7) is 6.93. The van der Waals surface area contributed by atoms with Crippen molar-refractivity contribution in [2.24, 2.45) is 17.3 Å². The molecule has 3 saturated carbocycles. The minimum absolute atomic E-state index is 0.0108. The average molecular weight is 179 g/mol. The summed E-state index contributed by atoms with van der Waals surface area (Å²) < 4.78 is 11.2. The van der Waals surface area contributed by atoms with Gasteiger partial charge in [-0.15, -0.1) is 0 Å². The van der Waals surface area contributed by atoms with Gasteiger partial charge in [0.15, 0.2) is 0 Å². The van der Waals surface area contributed by atoms with Crippen molar-refractivity contribution in [2.45, 2.75) is 45.3 Å². The molecule has 4 atom stereocenters. The Hall–Kier alpha value is -0.0151. The van der Waals surface area contributed by atoms with Gasteiger partial charge in [-0.1, -0.05) is 13.8 Å². The number of hydrogen-bond acceptors (Lipinski definition) is 2. The van der Waals surface area contributed by atoms with Gasteiger partial charge in [0.2, 0.25) is 0 Å². The van der Waals surface area contributed by atoms with Crippen LogP contribution in [0.4, 0.5) is 0 Å². The number of hydrogen-bond donors (Lipinski definition) is 0. The Labute approximate surface area is 80.3 Å². The monoisotopic (exact) mass is 179 g/mol. The van der Waals surface area contributed by atoms with Crippen molar-refractivity contribution in [2.75, 3.05) is 0 Å². The van der Waals surface area contributed by atoms with Crippen molar-refractivity contribution < 1.29 is 9.31 Å². The Kier molecular flexibility index (Phi) is 1.37. The fourth-order valence-corrected chi connectivity index (χ4v) is 3.50. The molecule has 1 heterocycles. The van der Waals surface area contributed by atoms with E-state index in [-0.39, 0.29) is 5.60 Å². The first-order valence-electron chi connectivity index (χ1n) is 5.19. The maximum absolute atomic E-state index is 5.60. The Balaban J connectivity index is 1.94. The number of rotatable bonds is 0. The van der Waals surface area contributed by atoms with E-state index >= 15 is 0 Å². The van der Waals surface area contributed by atoms with Crippen LogP contribution < -0.4 is 0 Å². The van der Waals surface area contributed by atoms with E-state index in [1.807, 2.05) is 0 Å². The molecule has 0 unspecified atom stereocenters. The molecule has 71 valence electrons. The Morgan fingerprint density at radius 2 is 2.08 bits per heavy atom. The molecular weight excluding hydrogens is 163 g/mol. The molecule has 4 rings (SSSR count). The highest BCUT2D eigenvalue weighted by Gasteiger charge is 2.64. The van der Waals surface area contributed by atoms with Gasteiger partial charge in [-0.3, -0.25) is 0 Å². The highest BCUT2D eigenvalue weighted by atomic mass is 16.6. The van der Waals surface area contributed by atoms with Crippen LogP contribution in [-0.4, -0.2) is 19.4 Å². The van der Waals surface area contributed by atoms with E-state index in [1.165, 1.54) is 6.42 Å². The van der Waals surface area contributed by atoms with E-state index in [0.717, 1.165) is 12.3 Å². The molecule has 1 aliphatic heterocycles. The average Bonchev–Trinajstić information content (AvgIpc) is 2.44. The molecule has 4 fully saturated rings. The zero-order valence-electron chi connectivity index (χ0n) is 8.54. The van der Waals surface area contributed by atoms with E-state index in [4.69, 9.17) is 9.31 Å². The fraction of sp³-hybridized carbons (Fsp3) is 1.00. The van der Waals surface area contributed by atoms with Crippen LogP contribution in [0.25, 0.3) is 0 Å². The molecule has 3 heteroatoms. The van der Waals surface area contributed by atoms with Crippen LogP contribution in [0.2, 0.25) is 0 Å². The molecule has 4 aliphatic rings. The first-order valence-corrected chi connectivity index (χ1v) is 5.19. The molecule has 0 amide bonds. The molecule has 2 bridgehead atoms. The predicted molar refractivity (Wildman–Crippen MR) is 50.1 cm³/mol.